The van der Waals surface area contributed by atoms with Crippen molar-refractivity contribution >= 4 is 12.2 Å². The zero-order valence-electron chi connectivity index (χ0n) is 6.16. The number of carbonyl (C=O) groups excluding carboxylic acids is 1. The molecule has 3 nitrogen and oxygen atoms in total. The number of allylic oxidation sites excluding steroid dienone is 2. The summed E-state index contributed by atoms with van der Waals surface area (Å²) in [7, 11) is 0. The van der Waals surface area contributed by atoms with E-state index in [2.05, 4.69) is 23.5 Å². The second-order valence-corrected chi connectivity index (χ2v) is 1.55. The molecular weight excluding hydrogens is 140 g/mol. The van der Waals surface area contributed by atoms with Gasteiger partial charge in [0.15, 0.2) is 0 Å². The minimum absolute atomic E-state index is 0.440. The number of carbonyl (C=O) groups is 1. The van der Waals surface area contributed by atoms with E-state index in [1.807, 2.05) is 0 Å². The summed E-state index contributed by atoms with van der Waals surface area (Å²) in [5.74, 6) is 0.440. The van der Waals surface area contributed by atoms with Crippen LogP contribution in [0.4, 0.5) is 0 Å². The molecule has 0 unspecified atom stereocenters. The Hall–Kier alpha value is -1.64. The highest BCUT2D eigenvalue weighted by Crippen LogP contribution is 1.79. The molecule has 11 heavy (non-hydrogen) atoms. The van der Waals surface area contributed by atoms with Crippen LogP contribution in [0.5, 0.6) is 0 Å². The maximum atomic E-state index is 9.97. The minimum Gasteiger partial charge on any atom is -0.313 e. The van der Waals surface area contributed by atoms with Crippen LogP contribution in [-0.2, 0) is 4.79 Å². The lowest BCUT2D eigenvalue weighted by molar-refractivity contribution is -0.108. The number of nitrogens with zero attached hydrogens (tertiary/aromatic N) is 1. The minimum atomic E-state index is 0.440. The van der Waals surface area contributed by atoms with Crippen molar-refractivity contribution in [1.82, 2.24) is 5.32 Å². The van der Waals surface area contributed by atoms with E-state index >= 15 is 0 Å². The molecule has 0 radical (unpaired) electrons. The van der Waals surface area contributed by atoms with Crippen molar-refractivity contribution in [2.45, 2.75) is 0 Å². The standard InChI is InChI=1S/C8H10N2O/c1-3-5-6-8(9-4-2)10-7-11/h3-7H,1-2H2,(H,9,10,11)/b6-5-. The highest BCUT2D eigenvalue weighted by molar-refractivity contribution is 5.99. The summed E-state index contributed by atoms with van der Waals surface area (Å²) in [5, 5.41) is 2.38. The molecule has 0 bridgehead atoms. The fourth-order valence-electron chi connectivity index (χ4n) is 0.446. The molecular formula is C8H10N2O. The molecule has 1 N–H and O–H groups in total. The Labute approximate surface area is 65.8 Å². The third-order valence-corrected chi connectivity index (χ3v) is 0.827. The van der Waals surface area contributed by atoms with E-state index in [1.165, 1.54) is 6.20 Å². The van der Waals surface area contributed by atoms with Gasteiger partial charge in [0.05, 0.1) is 0 Å². The van der Waals surface area contributed by atoms with Crippen molar-refractivity contribution < 1.29 is 4.79 Å². The second kappa shape index (κ2) is 6.48. The Balaban J connectivity index is 4.20. The summed E-state index contributed by atoms with van der Waals surface area (Å²) in [6, 6.07) is 0. The first-order chi connectivity index (χ1) is 5.35. The smallest absolute Gasteiger partial charge is 0.212 e. The quantitative estimate of drug-likeness (QED) is 0.276. The highest BCUT2D eigenvalue weighted by atomic mass is 16.1. The van der Waals surface area contributed by atoms with Gasteiger partial charge >= 0.3 is 0 Å². The SMILES string of the molecule is C=C/C=C\C(=N/C=C)NC=O. The lowest BCUT2D eigenvalue weighted by atomic mass is 10.4. The first-order valence-corrected chi connectivity index (χ1v) is 3.03. The monoisotopic (exact) mass is 150 g/mol. The van der Waals surface area contributed by atoms with Crippen LogP contribution in [0.15, 0.2) is 42.6 Å². The van der Waals surface area contributed by atoms with Crippen molar-refractivity contribution in [3.05, 3.63) is 37.6 Å². The van der Waals surface area contributed by atoms with Crippen molar-refractivity contribution in [3.63, 3.8) is 0 Å². The van der Waals surface area contributed by atoms with Gasteiger partial charge in [0.2, 0.25) is 6.41 Å². The van der Waals surface area contributed by atoms with Gasteiger partial charge in [-0.2, -0.15) is 0 Å². The molecule has 0 aliphatic carbocycles. The number of amidine groups is 1. The highest BCUT2D eigenvalue weighted by Gasteiger charge is 1.85. The van der Waals surface area contributed by atoms with Crippen LogP contribution in [0.3, 0.4) is 0 Å². The van der Waals surface area contributed by atoms with E-state index in [0.717, 1.165) is 0 Å². The molecule has 0 saturated carbocycles. The van der Waals surface area contributed by atoms with E-state index in [4.69, 9.17) is 0 Å². The van der Waals surface area contributed by atoms with Crippen LogP contribution in [0.1, 0.15) is 0 Å². The van der Waals surface area contributed by atoms with E-state index in [1.54, 1.807) is 18.2 Å². The largest absolute Gasteiger partial charge is 0.313 e. The Morgan fingerprint density at radius 1 is 1.45 bits per heavy atom. The normalized spacial score (nSPS) is 11.1. The van der Waals surface area contributed by atoms with Gasteiger partial charge in [-0.3, -0.25) is 4.79 Å². The van der Waals surface area contributed by atoms with Crippen LogP contribution < -0.4 is 5.32 Å². The first kappa shape index (κ1) is 9.36. The maximum absolute atomic E-state index is 9.97. The molecule has 0 aliphatic heterocycles. The summed E-state index contributed by atoms with van der Waals surface area (Å²) in [4.78, 5) is 13.7. The van der Waals surface area contributed by atoms with Crippen molar-refractivity contribution in [1.29, 1.82) is 0 Å². The van der Waals surface area contributed by atoms with Gasteiger partial charge in [0.25, 0.3) is 0 Å². The average molecular weight is 150 g/mol. The maximum Gasteiger partial charge on any atom is 0.212 e. The molecule has 3 heteroatoms. The number of rotatable bonds is 4. The van der Waals surface area contributed by atoms with Crippen LogP contribution in [0.25, 0.3) is 0 Å². The van der Waals surface area contributed by atoms with E-state index in [-0.39, 0.29) is 0 Å². The molecule has 0 fully saturated rings. The van der Waals surface area contributed by atoms with Gasteiger partial charge < -0.3 is 5.32 Å². The number of hydrogen-bond acceptors (Lipinski definition) is 2. The van der Waals surface area contributed by atoms with Crippen LogP contribution in [0.2, 0.25) is 0 Å². The molecule has 0 spiro atoms. The van der Waals surface area contributed by atoms with Crippen LogP contribution >= 0.6 is 0 Å². The third-order valence-electron chi connectivity index (χ3n) is 0.827. The lowest BCUT2D eigenvalue weighted by Gasteiger charge is -1.93. The molecule has 0 aromatic carbocycles. The molecule has 1 amide bonds. The topological polar surface area (TPSA) is 41.5 Å². The summed E-state index contributed by atoms with van der Waals surface area (Å²) >= 11 is 0. The third kappa shape index (κ3) is 4.84. The molecule has 58 valence electrons. The second-order valence-electron chi connectivity index (χ2n) is 1.55. The fraction of sp³-hybridized carbons (Fsp3) is 0. The average Bonchev–Trinajstić information content (AvgIpc) is 2.01. The molecule has 0 saturated heterocycles. The number of nitrogens with one attached hydrogen (secondary N) is 1. The van der Waals surface area contributed by atoms with Gasteiger partial charge in [-0.1, -0.05) is 25.3 Å². The fourth-order valence-corrected chi connectivity index (χ4v) is 0.446. The Kier molecular flexibility index (Phi) is 5.51. The predicted octanol–water partition coefficient (Wildman–Crippen LogP) is 1.02. The number of amides is 1. The van der Waals surface area contributed by atoms with Gasteiger partial charge in [-0.05, 0) is 6.08 Å². The molecule has 0 atom stereocenters. The summed E-state index contributed by atoms with van der Waals surface area (Å²) < 4.78 is 0. The van der Waals surface area contributed by atoms with Crippen LogP contribution in [0, 0.1) is 0 Å². The zero-order chi connectivity index (χ0) is 8.53. The molecule has 0 aromatic heterocycles. The predicted molar refractivity (Wildman–Crippen MR) is 46.2 cm³/mol. The van der Waals surface area contributed by atoms with Crippen molar-refractivity contribution in [3.8, 4) is 0 Å². The van der Waals surface area contributed by atoms with E-state index < -0.39 is 0 Å². The Bertz CT molecular complexity index is 204. The lowest BCUT2D eigenvalue weighted by Crippen LogP contribution is -2.18. The van der Waals surface area contributed by atoms with Crippen LogP contribution in [-0.4, -0.2) is 12.2 Å². The zero-order valence-corrected chi connectivity index (χ0v) is 6.16. The number of aliphatic imine (C=N–C) groups is 1. The van der Waals surface area contributed by atoms with Gasteiger partial charge in [0.1, 0.15) is 5.84 Å². The van der Waals surface area contributed by atoms with Gasteiger partial charge in [0, 0.05) is 6.20 Å². The summed E-state index contributed by atoms with van der Waals surface area (Å²) in [6.07, 6.45) is 6.77. The van der Waals surface area contributed by atoms with Crippen molar-refractivity contribution in [2.75, 3.05) is 0 Å². The molecule has 0 heterocycles. The molecule has 0 aromatic rings. The molecule has 0 aliphatic rings. The number of hydrogen-bond donors (Lipinski definition) is 1. The van der Waals surface area contributed by atoms with Gasteiger partial charge in [-0.25, -0.2) is 4.99 Å². The first-order valence-electron chi connectivity index (χ1n) is 3.03. The van der Waals surface area contributed by atoms with Crippen molar-refractivity contribution in [2.24, 2.45) is 4.99 Å². The van der Waals surface area contributed by atoms with E-state index in [0.29, 0.717) is 12.2 Å². The summed E-state index contributed by atoms with van der Waals surface area (Å²) in [5.41, 5.74) is 0. The summed E-state index contributed by atoms with van der Waals surface area (Å²) in [6.45, 7) is 6.86. The van der Waals surface area contributed by atoms with E-state index in [9.17, 15) is 4.79 Å². The van der Waals surface area contributed by atoms with Gasteiger partial charge in [-0.15, -0.1) is 0 Å². The molecule has 0 rings (SSSR count). The Morgan fingerprint density at radius 3 is 2.64 bits per heavy atom. The Morgan fingerprint density at radius 2 is 2.18 bits per heavy atom.